The third kappa shape index (κ3) is 3.50. The van der Waals surface area contributed by atoms with Crippen LogP contribution in [0.3, 0.4) is 0 Å². The highest BCUT2D eigenvalue weighted by molar-refractivity contribution is 7.16. The van der Waals surface area contributed by atoms with Gasteiger partial charge in [0.05, 0.1) is 21.8 Å². The van der Waals surface area contributed by atoms with E-state index in [4.69, 9.17) is 18.0 Å². The van der Waals surface area contributed by atoms with E-state index in [1.54, 1.807) is 22.8 Å². The fourth-order valence-corrected chi connectivity index (χ4v) is 4.38. The number of benzene rings is 3. The van der Waals surface area contributed by atoms with E-state index in [0.717, 1.165) is 21.3 Å². The van der Waals surface area contributed by atoms with E-state index in [9.17, 15) is 4.79 Å². The number of hydrogen-bond acceptors (Lipinski definition) is 2. The van der Waals surface area contributed by atoms with Crippen LogP contribution in [0.15, 0.2) is 77.8 Å². The zero-order valence-corrected chi connectivity index (χ0v) is 16.4. The maximum atomic E-state index is 12.7. The predicted octanol–water partition coefficient (Wildman–Crippen LogP) is 5.40. The van der Waals surface area contributed by atoms with Gasteiger partial charge in [0.15, 0.2) is 4.80 Å². The lowest BCUT2D eigenvalue weighted by Crippen LogP contribution is -2.16. The molecule has 136 valence electrons. The molecule has 0 saturated carbocycles. The van der Waals surface area contributed by atoms with Gasteiger partial charge in [-0.1, -0.05) is 77.4 Å². The topological polar surface area (TPSA) is 34.4 Å². The molecule has 0 aliphatic heterocycles. The largest absolute Gasteiger partial charge is 0.303 e. The van der Waals surface area contributed by atoms with Gasteiger partial charge in [0.2, 0.25) is 0 Å². The fourth-order valence-electron chi connectivity index (χ4n) is 3.00. The van der Waals surface area contributed by atoms with Crippen molar-refractivity contribution in [1.82, 2.24) is 4.57 Å². The summed E-state index contributed by atoms with van der Waals surface area (Å²) in [5.41, 5.74) is 3.48. The molecule has 4 aromatic rings. The van der Waals surface area contributed by atoms with Crippen molar-refractivity contribution in [3.8, 4) is 23.5 Å². The van der Waals surface area contributed by atoms with Crippen LogP contribution in [-0.2, 0) is 6.54 Å². The molecule has 28 heavy (non-hydrogen) atoms. The maximum absolute atomic E-state index is 12.7. The molecule has 3 aromatic carbocycles. The smallest absolute Gasteiger partial charge is 0.279 e. The standard InChI is InChI=1S/C23H15ClN2OS/c1-2-15-26-21-19(24)9-6-10-20(21)28-23(26)25-22(27)18-13-11-17(12-14-18)16-7-4-3-5-8-16/h1,3-14H,15H2. The van der Waals surface area contributed by atoms with Gasteiger partial charge >= 0.3 is 0 Å². The molecule has 0 N–H and O–H groups in total. The molecule has 0 atom stereocenters. The first-order chi connectivity index (χ1) is 13.7. The summed E-state index contributed by atoms with van der Waals surface area (Å²) < 4.78 is 2.74. The summed E-state index contributed by atoms with van der Waals surface area (Å²) in [6.45, 7) is 0.294. The van der Waals surface area contributed by atoms with Gasteiger partial charge in [-0.25, -0.2) is 0 Å². The molecule has 0 radical (unpaired) electrons. The van der Waals surface area contributed by atoms with Crippen molar-refractivity contribution in [2.75, 3.05) is 0 Å². The van der Waals surface area contributed by atoms with Crippen molar-refractivity contribution in [3.63, 3.8) is 0 Å². The number of thiazole rings is 1. The molecule has 1 amide bonds. The Bertz CT molecular complexity index is 1260. The first kappa shape index (κ1) is 18.2. The first-order valence-electron chi connectivity index (χ1n) is 8.63. The maximum Gasteiger partial charge on any atom is 0.279 e. The number of terminal acetylenes is 1. The zero-order valence-electron chi connectivity index (χ0n) is 14.8. The van der Waals surface area contributed by atoms with Crippen molar-refractivity contribution in [1.29, 1.82) is 0 Å². The predicted molar refractivity (Wildman–Crippen MR) is 115 cm³/mol. The Balaban J connectivity index is 1.73. The minimum Gasteiger partial charge on any atom is -0.303 e. The van der Waals surface area contributed by atoms with Crippen LogP contribution in [-0.4, -0.2) is 10.5 Å². The Kier molecular flexibility index (Phi) is 5.12. The number of hydrogen-bond donors (Lipinski definition) is 0. The van der Waals surface area contributed by atoms with Crippen LogP contribution in [0.5, 0.6) is 0 Å². The highest BCUT2D eigenvalue weighted by Gasteiger charge is 2.11. The number of nitrogens with zero attached hydrogens (tertiary/aromatic N) is 2. The number of carbonyl (C=O) groups is 1. The van der Waals surface area contributed by atoms with E-state index in [0.29, 0.717) is 21.9 Å². The van der Waals surface area contributed by atoms with Gasteiger partial charge in [0.1, 0.15) is 0 Å². The number of halogens is 1. The molecule has 0 aliphatic rings. The Morgan fingerprint density at radius 1 is 1.00 bits per heavy atom. The monoisotopic (exact) mass is 402 g/mol. The van der Waals surface area contributed by atoms with E-state index >= 15 is 0 Å². The second-order valence-electron chi connectivity index (χ2n) is 6.12. The summed E-state index contributed by atoms with van der Waals surface area (Å²) in [5, 5.41) is 0.588. The normalized spacial score (nSPS) is 11.5. The lowest BCUT2D eigenvalue weighted by molar-refractivity contribution is 0.0998. The van der Waals surface area contributed by atoms with Crippen molar-refractivity contribution in [2.45, 2.75) is 6.54 Å². The molecule has 1 aromatic heterocycles. The number of carbonyl (C=O) groups excluding carboxylic acids is 1. The average molecular weight is 403 g/mol. The van der Waals surface area contributed by atoms with Crippen molar-refractivity contribution < 1.29 is 4.79 Å². The third-order valence-corrected chi connectivity index (χ3v) is 5.69. The molecular formula is C23H15ClN2OS. The van der Waals surface area contributed by atoms with Gasteiger partial charge < -0.3 is 4.57 Å². The minimum atomic E-state index is -0.312. The van der Waals surface area contributed by atoms with Crippen LogP contribution in [0, 0.1) is 12.3 Å². The molecule has 0 unspecified atom stereocenters. The number of fused-ring (bicyclic) bond motifs is 1. The van der Waals surface area contributed by atoms with Crippen LogP contribution in [0.2, 0.25) is 5.02 Å². The summed E-state index contributed by atoms with van der Waals surface area (Å²) in [5.74, 6) is 2.30. The Labute approximate surface area is 171 Å². The van der Waals surface area contributed by atoms with E-state index in [2.05, 4.69) is 10.9 Å². The first-order valence-corrected chi connectivity index (χ1v) is 9.82. The molecule has 1 heterocycles. The molecule has 0 spiro atoms. The summed E-state index contributed by atoms with van der Waals surface area (Å²) in [4.78, 5) is 17.6. The van der Waals surface area contributed by atoms with Crippen LogP contribution in [0.4, 0.5) is 0 Å². The number of para-hydroxylation sites is 1. The van der Waals surface area contributed by atoms with Crippen LogP contribution in [0.25, 0.3) is 21.3 Å². The molecule has 0 fully saturated rings. The third-order valence-electron chi connectivity index (χ3n) is 4.34. The highest BCUT2D eigenvalue weighted by Crippen LogP contribution is 2.25. The number of rotatable bonds is 3. The summed E-state index contributed by atoms with van der Waals surface area (Å²) in [7, 11) is 0. The molecule has 3 nitrogen and oxygen atoms in total. The van der Waals surface area contributed by atoms with Gasteiger partial charge in [-0.05, 0) is 35.4 Å². The molecular weight excluding hydrogens is 388 g/mol. The second-order valence-corrected chi connectivity index (χ2v) is 7.54. The van der Waals surface area contributed by atoms with Gasteiger partial charge in [0, 0.05) is 5.56 Å². The van der Waals surface area contributed by atoms with Crippen LogP contribution < -0.4 is 4.80 Å². The Morgan fingerprint density at radius 2 is 1.71 bits per heavy atom. The zero-order chi connectivity index (χ0) is 19.5. The number of amides is 1. The molecule has 0 bridgehead atoms. The molecule has 5 heteroatoms. The molecule has 0 saturated heterocycles. The van der Waals surface area contributed by atoms with Gasteiger partial charge in [0.25, 0.3) is 5.91 Å². The van der Waals surface area contributed by atoms with E-state index in [1.165, 1.54) is 11.3 Å². The van der Waals surface area contributed by atoms with Crippen molar-refractivity contribution in [3.05, 3.63) is 88.2 Å². The van der Waals surface area contributed by atoms with E-state index in [1.807, 2.05) is 54.6 Å². The quantitative estimate of drug-likeness (QED) is 0.422. The van der Waals surface area contributed by atoms with E-state index in [-0.39, 0.29) is 5.91 Å². The summed E-state index contributed by atoms with van der Waals surface area (Å²) >= 11 is 7.73. The summed E-state index contributed by atoms with van der Waals surface area (Å²) in [6, 6.07) is 23.1. The second kappa shape index (κ2) is 7.85. The molecule has 4 rings (SSSR count). The van der Waals surface area contributed by atoms with Crippen LogP contribution in [0.1, 0.15) is 10.4 Å². The van der Waals surface area contributed by atoms with E-state index < -0.39 is 0 Å². The lowest BCUT2D eigenvalue weighted by atomic mass is 10.0. The summed E-state index contributed by atoms with van der Waals surface area (Å²) in [6.07, 6.45) is 5.51. The van der Waals surface area contributed by atoms with Crippen molar-refractivity contribution >= 4 is 39.1 Å². The average Bonchev–Trinajstić information content (AvgIpc) is 3.07. The minimum absolute atomic E-state index is 0.294. The Morgan fingerprint density at radius 3 is 2.43 bits per heavy atom. The lowest BCUT2D eigenvalue weighted by Gasteiger charge is -2.03. The SMILES string of the molecule is C#CCn1c(=NC(=O)c2ccc(-c3ccccc3)cc2)sc2cccc(Cl)c21. The number of aromatic nitrogens is 1. The Hall–Kier alpha value is -3.13. The van der Waals surface area contributed by atoms with Gasteiger partial charge in [-0.15, -0.1) is 6.42 Å². The van der Waals surface area contributed by atoms with Crippen molar-refractivity contribution in [2.24, 2.45) is 4.99 Å². The highest BCUT2D eigenvalue weighted by atomic mass is 35.5. The van der Waals surface area contributed by atoms with Crippen LogP contribution >= 0.6 is 22.9 Å². The van der Waals surface area contributed by atoms with Gasteiger partial charge in [-0.3, -0.25) is 4.79 Å². The van der Waals surface area contributed by atoms with Gasteiger partial charge in [-0.2, -0.15) is 4.99 Å². The fraction of sp³-hybridized carbons (Fsp3) is 0.0435. The molecule has 0 aliphatic carbocycles.